The minimum absolute atomic E-state index is 0.239. The normalized spacial score (nSPS) is 28.1. The third-order valence-corrected chi connectivity index (χ3v) is 3.82. The SMILES string of the molecule is CC(C)(C)OC(=O)NC1CCC(NN2CCOCC2)CC1. The van der Waals surface area contributed by atoms with Crippen LogP contribution in [0.5, 0.6) is 0 Å². The Hall–Kier alpha value is -0.850. The van der Waals surface area contributed by atoms with Crippen LogP contribution in [0.3, 0.4) is 0 Å². The fraction of sp³-hybridized carbons (Fsp3) is 0.933. The van der Waals surface area contributed by atoms with E-state index in [4.69, 9.17) is 9.47 Å². The third-order valence-electron chi connectivity index (χ3n) is 3.82. The number of alkyl carbamates (subject to hydrolysis) is 1. The van der Waals surface area contributed by atoms with E-state index in [1.54, 1.807) is 0 Å². The molecule has 1 aliphatic heterocycles. The molecule has 0 unspecified atom stereocenters. The molecule has 0 radical (unpaired) electrons. The summed E-state index contributed by atoms with van der Waals surface area (Å²) in [7, 11) is 0. The monoisotopic (exact) mass is 299 g/mol. The number of morpholine rings is 1. The van der Waals surface area contributed by atoms with Crippen LogP contribution in [0.4, 0.5) is 4.79 Å². The molecule has 6 nitrogen and oxygen atoms in total. The van der Waals surface area contributed by atoms with Crippen molar-refractivity contribution in [1.29, 1.82) is 0 Å². The van der Waals surface area contributed by atoms with Crippen molar-refractivity contribution in [1.82, 2.24) is 15.8 Å². The topological polar surface area (TPSA) is 62.8 Å². The van der Waals surface area contributed by atoms with Crippen LogP contribution in [-0.4, -0.2) is 55.1 Å². The van der Waals surface area contributed by atoms with E-state index in [1.807, 2.05) is 20.8 Å². The Bertz CT molecular complexity index is 330. The zero-order chi connectivity index (χ0) is 15.3. The minimum atomic E-state index is -0.431. The molecule has 1 amide bonds. The highest BCUT2D eigenvalue weighted by molar-refractivity contribution is 5.68. The van der Waals surface area contributed by atoms with Gasteiger partial charge in [0.15, 0.2) is 0 Å². The van der Waals surface area contributed by atoms with Gasteiger partial charge in [-0.25, -0.2) is 9.80 Å². The molecule has 0 bridgehead atoms. The average Bonchev–Trinajstić information content (AvgIpc) is 2.40. The number of ether oxygens (including phenoxy) is 2. The summed E-state index contributed by atoms with van der Waals surface area (Å²) in [6, 6.07) is 0.752. The van der Waals surface area contributed by atoms with E-state index >= 15 is 0 Å². The summed E-state index contributed by atoms with van der Waals surface area (Å²) in [5, 5.41) is 5.24. The van der Waals surface area contributed by atoms with Crippen molar-refractivity contribution < 1.29 is 14.3 Å². The maximum absolute atomic E-state index is 11.8. The molecular formula is C15H29N3O3. The second-order valence-corrected chi connectivity index (χ2v) is 6.92. The fourth-order valence-corrected chi connectivity index (χ4v) is 2.79. The fourth-order valence-electron chi connectivity index (χ4n) is 2.79. The van der Waals surface area contributed by atoms with Gasteiger partial charge in [0.25, 0.3) is 0 Å². The largest absolute Gasteiger partial charge is 0.444 e. The lowest BCUT2D eigenvalue weighted by Crippen LogP contribution is -2.52. The van der Waals surface area contributed by atoms with E-state index < -0.39 is 5.60 Å². The summed E-state index contributed by atoms with van der Waals surface area (Å²) in [6.45, 7) is 9.18. The Morgan fingerprint density at radius 3 is 2.24 bits per heavy atom. The Morgan fingerprint density at radius 2 is 1.67 bits per heavy atom. The van der Waals surface area contributed by atoms with Gasteiger partial charge in [-0.2, -0.15) is 0 Å². The molecule has 0 spiro atoms. The first-order valence-corrected chi connectivity index (χ1v) is 8.01. The van der Waals surface area contributed by atoms with E-state index in [2.05, 4.69) is 15.8 Å². The van der Waals surface area contributed by atoms with Gasteiger partial charge in [0.1, 0.15) is 5.60 Å². The van der Waals surface area contributed by atoms with Crippen molar-refractivity contribution >= 4 is 6.09 Å². The standard InChI is InChI=1S/C15H29N3O3/c1-15(2,3)21-14(19)16-12-4-6-13(7-5-12)17-18-8-10-20-11-9-18/h12-13,17H,4-11H2,1-3H3,(H,16,19). The third kappa shape index (κ3) is 6.20. The van der Waals surface area contributed by atoms with Crippen LogP contribution in [0.25, 0.3) is 0 Å². The number of carbonyl (C=O) groups is 1. The molecule has 0 atom stereocenters. The molecule has 1 aliphatic carbocycles. The minimum Gasteiger partial charge on any atom is -0.444 e. The quantitative estimate of drug-likeness (QED) is 0.830. The summed E-state index contributed by atoms with van der Waals surface area (Å²) in [6.07, 6.45) is 3.87. The Labute approximate surface area is 127 Å². The first-order chi connectivity index (χ1) is 9.92. The maximum atomic E-state index is 11.8. The van der Waals surface area contributed by atoms with Crippen molar-refractivity contribution in [3.63, 3.8) is 0 Å². The van der Waals surface area contributed by atoms with E-state index in [1.165, 1.54) is 0 Å². The molecular weight excluding hydrogens is 270 g/mol. The lowest BCUT2D eigenvalue weighted by Gasteiger charge is -2.35. The van der Waals surface area contributed by atoms with Gasteiger partial charge in [-0.05, 0) is 46.5 Å². The van der Waals surface area contributed by atoms with Gasteiger partial charge in [-0.1, -0.05) is 0 Å². The second-order valence-electron chi connectivity index (χ2n) is 6.92. The summed E-state index contributed by atoms with van der Waals surface area (Å²) in [5.41, 5.74) is 3.15. The van der Waals surface area contributed by atoms with Crippen LogP contribution < -0.4 is 10.7 Å². The smallest absolute Gasteiger partial charge is 0.407 e. The molecule has 6 heteroatoms. The number of amides is 1. The summed E-state index contributed by atoms with van der Waals surface area (Å²) in [5.74, 6) is 0. The van der Waals surface area contributed by atoms with Gasteiger partial charge in [-0.15, -0.1) is 0 Å². The number of carbonyl (C=O) groups excluding carboxylic acids is 1. The lowest BCUT2D eigenvalue weighted by atomic mass is 9.91. The number of hydrogen-bond donors (Lipinski definition) is 2. The molecule has 2 fully saturated rings. The summed E-state index contributed by atoms with van der Waals surface area (Å²) < 4.78 is 10.6. The molecule has 2 aliphatic rings. The predicted octanol–water partition coefficient (Wildman–Crippen LogP) is 1.66. The highest BCUT2D eigenvalue weighted by atomic mass is 16.6. The van der Waals surface area contributed by atoms with Crippen LogP contribution in [0.15, 0.2) is 0 Å². The van der Waals surface area contributed by atoms with Crippen LogP contribution in [-0.2, 0) is 9.47 Å². The zero-order valence-corrected chi connectivity index (χ0v) is 13.5. The first kappa shape index (κ1) is 16.5. The molecule has 0 aromatic rings. The molecule has 0 aromatic heterocycles. The van der Waals surface area contributed by atoms with Gasteiger partial charge < -0.3 is 14.8 Å². The summed E-state index contributed by atoms with van der Waals surface area (Å²) >= 11 is 0. The zero-order valence-electron chi connectivity index (χ0n) is 13.5. The van der Waals surface area contributed by atoms with Gasteiger partial charge in [0, 0.05) is 25.2 Å². The molecule has 122 valence electrons. The molecule has 21 heavy (non-hydrogen) atoms. The molecule has 2 rings (SSSR count). The van der Waals surface area contributed by atoms with Crippen molar-refractivity contribution in [3.05, 3.63) is 0 Å². The van der Waals surface area contributed by atoms with Crippen LogP contribution >= 0.6 is 0 Å². The first-order valence-electron chi connectivity index (χ1n) is 8.01. The Morgan fingerprint density at radius 1 is 1.10 bits per heavy atom. The van der Waals surface area contributed by atoms with Crippen LogP contribution in [0, 0.1) is 0 Å². The molecule has 2 N–H and O–H groups in total. The molecule has 1 saturated carbocycles. The van der Waals surface area contributed by atoms with Crippen molar-refractivity contribution in [2.24, 2.45) is 0 Å². The van der Waals surface area contributed by atoms with Crippen molar-refractivity contribution in [2.75, 3.05) is 26.3 Å². The van der Waals surface area contributed by atoms with E-state index in [9.17, 15) is 4.79 Å². The number of rotatable bonds is 3. The highest BCUT2D eigenvalue weighted by Crippen LogP contribution is 2.20. The average molecular weight is 299 g/mol. The van der Waals surface area contributed by atoms with E-state index in [0.717, 1.165) is 52.0 Å². The van der Waals surface area contributed by atoms with Gasteiger partial charge in [-0.3, -0.25) is 5.43 Å². The van der Waals surface area contributed by atoms with Crippen LogP contribution in [0.1, 0.15) is 46.5 Å². The Kier molecular flexibility index (Phi) is 5.84. The van der Waals surface area contributed by atoms with Crippen molar-refractivity contribution in [3.8, 4) is 0 Å². The predicted molar refractivity (Wildman–Crippen MR) is 80.9 cm³/mol. The van der Waals surface area contributed by atoms with E-state index in [0.29, 0.717) is 6.04 Å². The number of nitrogens with one attached hydrogen (secondary N) is 2. The van der Waals surface area contributed by atoms with Gasteiger partial charge in [0.05, 0.1) is 13.2 Å². The molecule has 0 aromatic carbocycles. The maximum Gasteiger partial charge on any atom is 0.407 e. The number of nitrogens with zero attached hydrogens (tertiary/aromatic N) is 1. The molecule has 1 saturated heterocycles. The van der Waals surface area contributed by atoms with Gasteiger partial charge >= 0.3 is 6.09 Å². The highest BCUT2D eigenvalue weighted by Gasteiger charge is 2.25. The van der Waals surface area contributed by atoms with Crippen LogP contribution in [0.2, 0.25) is 0 Å². The summed E-state index contributed by atoms with van der Waals surface area (Å²) in [4.78, 5) is 11.8. The number of hydrogen-bond acceptors (Lipinski definition) is 5. The Balaban J connectivity index is 1.64. The lowest BCUT2D eigenvalue weighted by molar-refractivity contribution is -0.000805. The van der Waals surface area contributed by atoms with Crippen molar-refractivity contribution in [2.45, 2.75) is 64.1 Å². The number of hydrazine groups is 1. The second kappa shape index (κ2) is 7.42. The van der Waals surface area contributed by atoms with Gasteiger partial charge in [0.2, 0.25) is 0 Å². The van der Waals surface area contributed by atoms with E-state index in [-0.39, 0.29) is 12.1 Å². The molecule has 1 heterocycles.